The Bertz CT molecular complexity index is 1170. The van der Waals surface area contributed by atoms with Gasteiger partial charge in [0.05, 0.1) is 18.2 Å². The number of rotatable bonds is 6. The molecule has 1 aliphatic carbocycles. The molecule has 1 aromatic carbocycles. The third-order valence-electron chi connectivity index (χ3n) is 9.14. The number of likely N-dealkylation sites (tertiary alicyclic amines) is 1. The number of carbonyl (C=O) groups is 2. The minimum atomic E-state index is -0.267. The highest BCUT2D eigenvalue weighted by Crippen LogP contribution is 2.41. The number of pyridine rings is 1. The second-order valence-corrected chi connectivity index (χ2v) is 11.7. The third-order valence-corrected chi connectivity index (χ3v) is 9.14. The minimum Gasteiger partial charge on any atom is -0.381 e. The van der Waals surface area contributed by atoms with Crippen LogP contribution in [0.3, 0.4) is 0 Å². The Labute approximate surface area is 225 Å². The molecule has 2 aromatic rings. The summed E-state index contributed by atoms with van der Waals surface area (Å²) in [6.45, 7) is 5.53. The summed E-state index contributed by atoms with van der Waals surface area (Å²) in [4.78, 5) is 36.0. The molecule has 0 radical (unpaired) electrons. The number of para-hydroxylation sites is 1. The molecule has 7 heteroatoms. The Kier molecular flexibility index (Phi) is 7.37. The molecule has 7 nitrogen and oxygen atoms in total. The fourth-order valence-electron chi connectivity index (χ4n) is 6.97. The first-order valence-corrected chi connectivity index (χ1v) is 14.6. The van der Waals surface area contributed by atoms with Crippen molar-refractivity contribution in [1.82, 2.24) is 9.88 Å². The van der Waals surface area contributed by atoms with Crippen LogP contribution in [0.2, 0.25) is 0 Å². The molecule has 6 rings (SSSR count). The Hall–Kier alpha value is -2.93. The zero-order valence-corrected chi connectivity index (χ0v) is 22.5. The number of carbonyl (C=O) groups excluding carboxylic acids is 2. The Morgan fingerprint density at radius 1 is 1.05 bits per heavy atom. The Balaban J connectivity index is 1.20. The van der Waals surface area contributed by atoms with Crippen molar-refractivity contribution >= 4 is 23.3 Å². The van der Waals surface area contributed by atoms with Crippen LogP contribution in [0.1, 0.15) is 74.1 Å². The van der Waals surface area contributed by atoms with Crippen molar-refractivity contribution in [3.63, 3.8) is 0 Å². The summed E-state index contributed by atoms with van der Waals surface area (Å²) < 4.78 is 5.64. The van der Waals surface area contributed by atoms with Crippen LogP contribution in [0.4, 0.5) is 11.5 Å². The van der Waals surface area contributed by atoms with Gasteiger partial charge in [-0.15, -0.1) is 0 Å². The van der Waals surface area contributed by atoms with Crippen molar-refractivity contribution in [3.8, 4) is 0 Å². The number of amides is 2. The summed E-state index contributed by atoms with van der Waals surface area (Å²) >= 11 is 0. The molecular weight excluding hydrogens is 476 g/mol. The van der Waals surface area contributed by atoms with E-state index in [2.05, 4.69) is 30.4 Å². The lowest BCUT2D eigenvalue weighted by Crippen LogP contribution is -2.44. The summed E-state index contributed by atoms with van der Waals surface area (Å²) in [6.07, 6.45) is 8.32. The van der Waals surface area contributed by atoms with E-state index in [-0.39, 0.29) is 23.8 Å². The van der Waals surface area contributed by atoms with Gasteiger partial charge in [0.1, 0.15) is 5.82 Å². The molecule has 3 fully saturated rings. The quantitative estimate of drug-likeness (QED) is 0.582. The van der Waals surface area contributed by atoms with Crippen molar-refractivity contribution in [2.45, 2.75) is 76.8 Å². The maximum absolute atomic E-state index is 14.0. The van der Waals surface area contributed by atoms with Crippen LogP contribution in [0.15, 0.2) is 36.4 Å². The molecule has 4 heterocycles. The smallest absolute Gasteiger partial charge is 0.236 e. The first-order chi connectivity index (χ1) is 18.6. The van der Waals surface area contributed by atoms with E-state index in [4.69, 9.17) is 9.72 Å². The SMILES string of the molecule is Cc1ccccc1N1Cc2ccc(NC3CCN(C(=O)CC4CCCC4)C3)nc2C(C2CCOCC2)C1=O. The topological polar surface area (TPSA) is 74.8 Å². The number of fused-ring (bicyclic) bond motifs is 1. The van der Waals surface area contributed by atoms with Gasteiger partial charge in [0.25, 0.3) is 0 Å². The van der Waals surface area contributed by atoms with Gasteiger partial charge in [0.2, 0.25) is 11.8 Å². The lowest BCUT2D eigenvalue weighted by atomic mass is 9.79. The van der Waals surface area contributed by atoms with Crippen LogP contribution < -0.4 is 10.2 Å². The van der Waals surface area contributed by atoms with E-state index < -0.39 is 0 Å². The number of ether oxygens (including phenoxy) is 1. The second-order valence-electron chi connectivity index (χ2n) is 11.7. The number of hydrogen-bond acceptors (Lipinski definition) is 5. The summed E-state index contributed by atoms with van der Waals surface area (Å²) in [5.74, 6) is 1.80. The summed E-state index contributed by atoms with van der Waals surface area (Å²) in [7, 11) is 0. The van der Waals surface area contributed by atoms with Crippen LogP contribution in [0, 0.1) is 18.8 Å². The number of aryl methyl sites for hydroxylation is 1. The molecule has 1 N–H and O–H groups in total. The molecular formula is C31H40N4O3. The first kappa shape index (κ1) is 25.4. The van der Waals surface area contributed by atoms with E-state index in [1.165, 1.54) is 25.7 Å². The van der Waals surface area contributed by atoms with E-state index in [9.17, 15) is 9.59 Å². The third kappa shape index (κ3) is 5.18. The molecule has 0 bridgehead atoms. The van der Waals surface area contributed by atoms with Crippen LogP contribution in [0.5, 0.6) is 0 Å². The largest absolute Gasteiger partial charge is 0.381 e. The molecule has 2 amide bonds. The van der Waals surface area contributed by atoms with Crippen LogP contribution in [-0.4, -0.2) is 54.0 Å². The van der Waals surface area contributed by atoms with Crippen molar-refractivity contribution in [2.24, 2.45) is 11.8 Å². The lowest BCUT2D eigenvalue weighted by Gasteiger charge is -2.39. The van der Waals surface area contributed by atoms with Crippen LogP contribution in [0.25, 0.3) is 0 Å². The molecule has 202 valence electrons. The molecule has 3 aliphatic heterocycles. The molecule has 38 heavy (non-hydrogen) atoms. The molecule has 2 atom stereocenters. The lowest BCUT2D eigenvalue weighted by molar-refractivity contribution is -0.131. The highest BCUT2D eigenvalue weighted by atomic mass is 16.5. The average Bonchev–Trinajstić information content (AvgIpc) is 3.62. The van der Waals surface area contributed by atoms with Gasteiger partial charge in [0.15, 0.2) is 0 Å². The summed E-state index contributed by atoms with van der Waals surface area (Å²) in [5.41, 5.74) is 4.13. The van der Waals surface area contributed by atoms with E-state index in [0.29, 0.717) is 38.0 Å². The maximum atomic E-state index is 14.0. The van der Waals surface area contributed by atoms with Gasteiger partial charge >= 0.3 is 0 Å². The zero-order valence-electron chi connectivity index (χ0n) is 22.5. The highest BCUT2D eigenvalue weighted by Gasteiger charge is 2.41. The predicted octanol–water partition coefficient (Wildman–Crippen LogP) is 5.04. The van der Waals surface area contributed by atoms with Gasteiger partial charge in [-0.05, 0) is 74.1 Å². The summed E-state index contributed by atoms with van der Waals surface area (Å²) in [6, 6.07) is 12.5. The van der Waals surface area contributed by atoms with E-state index in [1.807, 2.05) is 28.0 Å². The average molecular weight is 517 g/mol. The summed E-state index contributed by atoms with van der Waals surface area (Å²) in [5, 5.41) is 3.61. The molecule has 2 unspecified atom stereocenters. The number of nitrogens with zero attached hydrogens (tertiary/aromatic N) is 3. The van der Waals surface area contributed by atoms with Crippen molar-refractivity contribution in [3.05, 3.63) is 53.2 Å². The highest BCUT2D eigenvalue weighted by molar-refractivity contribution is 6.00. The zero-order chi connectivity index (χ0) is 26.1. The maximum Gasteiger partial charge on any atom is 0.236 e. The van der Waals surface area contributed by atoms with Gasteiger partial charge in [-0.1, -0.05) is 37.1 Å². The molecule has 1 saturated carbocycles. The Morgan fingerprint density at radius 2 is 1.84 bits per heavy atom. The number of anilines is 2. The monoisotopic (exact) mass is 516 g/mol. The number of benzene rings is 1. The Morgan fingerprint density at radius 3 is 2.63 bits per heavy atom. The van der Waals surface area contributed by atoms with Gasteiger partial charge in [-0.3, -0.25) is 9.59 Å². The van der Waals surface area contributed by atoms with Crippen LogP contribution in [-0.2, 0) is 20.9 Å². The van der Waals surface area contributed by atoms with Gasteiger partial charge in [-0.2, -0.15) is 0 Å². The second kappa shape index (κ2) is 11.0. The number of aromatic nitrogens is 1. The predicted molar refractivity (Wildman–Crippen MR) is 148 cm³/mol. The first-order valence-electron chi connectivity index (χ1n) is 14.6. The fourth-order valence-corrected chi connectivity index (χ4v) is 6.97. The molecule has 2 saturated heterocycles. The molecule has 1 aromatic heterocycles. The van der Waals surface area contributed by atoms with Gasteiger partial charge in [-0.25, -0.2) is 4.98 Å². The molecule has 4 aliphatic rings. The van der Waals surface area contributed by atoms with E-state index >= 15 is 0 Å². The van der Waals surface area contributed by atoms with Gasteiger partial charge in [0, 0.05) is 44.5 Å². The van der Waals surface area contributed by atoms with Crippen molar-refractivity contribution in [2.75, 3.05) is 36.5 Å². The molecule has 0 spiro atoms. The van der Waals surface area contributed by atoms with Gasteiger partial charge < -0.3 is 19.9 Å². The normalized spacial score (nSPS) is 24.6. The standard InChI is InChI=1S/C31H40N4O3/c1-21-6-2-5-9-26(21)35-19-24-10-11-27(33-30(24)29(31(35)37)23-13-16-38-17-14-23)32-25-12-15-34(20-25)28(36)18-22-7-3-4-8-22/h2,5-6,9-11,22-23,25,29H,3-4,7-8,12-20H2,1H3,(H,32,33). The van der Waals surface area contributed by atoms with E-state index in [1.54, 1.807) is 0 Å². The number of nitrogens with one attached hydrogen (secondary N) is 1. The van der Waals surface area contributed by atoms with Crippen molar-refractivity contribution in [1.29, 1.82) is 0 Å². The van der Waals surface area contributed by atoms with E-state index in [0.717, 1.165) is 60.7 Å². The van der Waals surface area contributed by atoms with Crippen LogP contribution >= 0.6 is 0 Å². The number of hydrogen-bond donors (Lipinski definition) is 1. The van der Waals surface area contributed by atoms with Crippen molar-refractivity contribution < 1.29 is 14.3 Å². The minimum absolute atomic E-state index is 0.146. The fraction of sp³-hybridized carbons (Fsp3) is 0.581.